The molecule has 1 unspecified atom stereocenters. The van der Waals surface area contributed by atoms with Gasteiger partial charge in [-0.15, -0.1) is 0 Å². The Kier molecular flexibility index (Phi) is 2.64. The molecule has 1 rings (SSSR count). The lowest BCUT2D eigenvalue weighted by atomic mass is 10.0. The highest BCUT2D eigenvalue weighted by atomic mass is 79.9. The van der Waals surface area contributed by atoms with E-state index in [1.807, 2.05) is 0 Å². The first-order valence-corrected chi connectivity index (χ1v) is 4.52. The summed E-state index contributed by atoms with van der Waals surface area (Å²) in [5.74, 6) is 0. The van der Waals surface area contributed by atoms with Crippen LogP contribution in [0.5, 0.6) is 0 Å². The van der Waals surface area contributed by atoms with Crippen molar-refractivity contribution in [3.05, 3.63) is 33.9 Å². The molecule has 0 heterocycles. The molecule has 5 heteroatoms. The molecule has 0 saturated heterocycles. The summed E-state index contributed by atoms with van der Waals surface area (Å²) < 4.78 is 0. The molecule has 0 aromatic carbocycles. The molecule has 0 saturated carbocycles. The Labute approximate surface area is 77.9 Å². The van der Waals surface area contributed by atoms with Gasteiger partial charge in [0, 0.05) is 11.4 Å². The lowest BCUT2D eigenvalue weighted by Crippen LogP contribution is -2.36. The minimum absolute atomic E-state index is 0.0382. The molecule has 66 valence electrons. The van der Waals surface area contributed by atoms with Crippen LogP contribution in [0.3, 0.4) is 0 Å². The second-order valence-electron chi connectivity index (χ2n) is 2.60. The lowest BCUT2D eigenvalue weighted by Gasteiger charge is -2.17. The summed E-state index contributed by atoms with van der Waals surface area (Å²) in [4.78, 5) is 9.72. The molecule has 0 fully saturated rings. The maximum atomic E-state index is 10.4. The van der Waals surface area contributed by atoms with Crippen molar-refractivity contribution in [2.24, 2.45) is 0 Å². The third-order valence-electron chi connectivity index (χ3n) is 1.64. The predicted octanol–water partition coefficient (Wildman–Crippen LogP) is 1.23. The van der Waals surface area contributed by atoms with Gasteiger partial charge in [-0.25, -0.2) is 0 Å². The van der Waals surface area contributed by atoms with E-state index < -0.39 is 10.6 Å². The fourth-order valence-electron chi connectivity index (χ4n) is 0.998. The number of rotatable bonds is 2. The van der Waals surface area contributed by atoms with Crippen molar-refractivity contribution < 1.29 is 10.0 Å². The Morgan fingerprint density at radius 1 is 1.83 bits per heavy atom. The largest absolute Gasteiger partial charge is 0.346 e. The van der Waals surface area contributed by atoms with E-state index in [2.05, 4.69) is 15.9 Å². The first-order chi connectivity index (χ1) is 5.58. The maximum absolute atomic E-state index is 10.4. The van der Waals surface area contributed by atoms with Gasteiger partial charge >= 0.3 is 5.72 Å². The van der Waals surface area contributed by atoms with E-state index in [1.165, 1.54) is 6.08 Å². The highest BCUT2D eigenvalue weighted by Crippen LogP contribution is 2.22. The Hall–Kier alpha value is -0.680. The standard InChI is InChI=1S/C7H8BrNO3/c8-5-6-2-1-3-7(10,4-6)9(11)12/h1-2,4,10H,3,5H2. The van der Waals surface area contributed by atoms with Gasteiger partial charge < -0.3 is 5.11 Å². The third kappa shape index (κ3) is 1.73. The molecule has 1 atom stereocenters. The zero-order valence-corrected chi connectivity index (χ0v) is 7.82. The summed E-state index contributed by atoms with van der Waals surface area (Å²) in [6, 6.07) is 0. The Morgan fingerprint density at radius 3 is 3.00 bits per heavy atom. The van der Waals surface area contributed by atoms with Crippen molar-refractivity contribution in [3.8, 4) is 0 Å². The number of nitrogens with zero attached hydrogens (tertiary/aromatic N) is 1. The van der Waals surface area contributed by atoms with Gasteiger partial charge in [-0.2, -0.15) is 0 Å². The van der Waals surface area contributed by atoms with E-state index in [1.54, 1.807) is 12.2 Å². The molecule has 0 amide bonds. The van der Waals surface area contributed by atoms with Crippen LogP contribution in [-0.4, -0.2) is 21.1 Å². The minimum atomic E-state index is -1.90. The van der Waals surface area contributed by atoms with Crippen LogP contribution in [0.1, 0.15) is 6.42 Å². The van der Waals surface area contributed by atoms with Gasteiger partial charge in [-0.3, -0.25) is 10.1 Å². The van der Waals surface area contributed by atoms with Crippen LogP contribution in [0.15, 0.2) is 23.8 Å². The van der Waals surface area contributed by atoms with Crippen LogP contribution < -0.4 is 0 Å². The monoisotopic (exact) mass is 233 g/mol. The van der Waals surface area contributed by atoms with Gasteiger partial charge in [0.15, 0.2) is 0 Å². The normalized spacial score (nSPS) is 28.3. The Morgan fingerprint density at radius 2 is 2.50 bits per heavy atom. The van der Waals surface area contributed by atoms with Crippen LogP contribution in [0.25, 0.3) is 0 Å². The molecule has 12 heavy (non-hydrogen) atoms. The van der Waals surface area contributed by atoms with E-state index in [0.717, 1.165) is 5.57 Å². The second-order valence-corrected chi connectivity index (χ2v) is 3.16. The van der Waals surface area contributed by atoms with Crippen molar-refractivity contribution in [2.75, 3.05) is 5.33 Å². The smallest absolute Gasteiger partial charge is 0.327 e. The first kappa shape index (κ1) is 9.41. The van der Waals surface area contributed by atoms with Gasteiger partial charge in [-0.1, -0.05) is 28.1 Å². The van der Waals surface area contributed by atoms with E-state index >= 15 is 0 Å². The maximum Gasteiger partial charge on any atom is 0.346 e. The lowest BCUT2D eigenvalue weighted by molar-refractivity contribution is -0.607. The zero-order chi connectivity index (χ0) is 9.19. The number of halogens is 1. The fourth-order valence-corrected chi connectivity index (χ4v) is 1.35. The summed E-state index contributed by atoms with van der Waals surface area (Å²) in [6.07, 6.45) is 4.66. The number of hydrogen-bond donors (Lipinski definition) is 1. The van der Waals surface area contributed by atoms with Crippen LogP contribution in [0.2, 0.25) is 0 Å². The summed E-state index contributed by atoms with van der Waals surface area (Å²) in [5, 5.41) is 20.3. The summed E-state index contributed by atoms with van der Waals surface area (Å²) in [5.41, 5.74) is -1.18. The van der Waals surface area contributed by atoms with Crippen LogP contribution in [0, 0.1) is 10.1 Å². The van der Waals surface area contributed by atoms with Crippen LogP contribution in [0.4, 0.5) is 0 Å². The molecular weight excluding hydrogens is 226 g/mol. The molecule has 0 aromatic rings. The number of nitro groups is 1. The van der Waals surface area contributed by atoms with E-state index in [9.17, 15) is 15.2 Å². The average Bonchev–Trinajstić information content (AvgIpc) is 2.04. The number of aliphatic hydroxyl groups is 1. The molecule has 0 bridgehead atoms. The number of allylic oxidation sites excluding steroid dienone is 2. The minimum Gasteiger partial charge on any atom is -0.327 e. The quantitative estimate of drug-likeness (QED) is 0.338. The Balaban J connectivity index is 2.90. The summed E-state index contributed by atoms with van der Waals surface area (Å²) in [7, 11) is 0. The van der Waals surface area contributed by atoms with Gasteiger partial charge in [0.2, 0.25) is 0 Å². The number of alkyl halides is 1. The summed E-state index contributed by atoms with van der Waals surface area (Å²) >= 11 is 3.16. The van der Waals surface area contributed by atoms with Gasteiger partial charge in [0.25, 0.3) is 0 Å². The highest BCUT2D eigenvalue weighted by Gasteiger charge is 2.38. The summed E-state index contributed by atoms with van der Waals surface area (Å²) in [6.45, 7) is 0. The fraction of sp³-hybridized carbons (Fsp3) is 0.429. The van der Waals surface area contributed by atoms with Gasteiger partial charge in [0.1, 0.15) is 0 Å². The average molecular weight is 234 g/mol. The molecule has 1 aliphatic carbocycles. The molecule has 1 N–H and O–H groups in total. The van der Waals surface area contributed by atoms with Gasteiger partial charge in [-0.05, 0) is 5.57 Å². The van der Waals surface area contributed by atoms with Crippen LogP contribution in [-0.2, 0) is 0 Å². The van der Waals surface area contributed by atoms with Crippen molar-refractivity contribution in [1.29, 1.82) is 0 Å². The van der Waals surface area contributed by atoms with E-state index in [-0.39, 0.29) is 6.42 Å². The first-order valence-electron chi connectivity index (χ1n) is 3.39. The Bertz CT molecular complexity index is 261. The van der Waals surface area contributed by atoms with E-state index in [4.69, 9.17) is 0 Å². The van der Waals surface area contributed by atoms with Crippen molar-refractivity contribution in [1.82, 2.24) is 0 Å². The molecule has 0 spiro atoms. The topological polar surface area (TPSA) is 63.4 Å². The van der Waals surface area contributed by atoms with E-state index in [0.29, 0.717) is 5.33 Å². The SMILES string of the molecule is O=[N+]([O-])C1(O)C=C(CBr)C=CC1. The zero-order valence-electron chi connectivity index (χ0n) is 6.24. The molecule has 0 radical (unpaired) electrons. The molecule has 4 nitrogen and oxygen atoms in total. The van der Waals surface area contributed by atoms with Crippen LogP contribution >= 0.6 is 15.9 Å². The number of hydrogen-bond acceptors (Lipinski definition) is 3. The molecule has 0 aromatic heterocycles. The third-order valence-corrected chi connectivity index (χ3v) is 2.28. The predicted molar refractivity (Wildman–Crippen MR) is 47.6 cm³/mol. The molecule has 0 aliphatic heterocycles. The highest BCUT2D eigenvalue weighted by molar-refractivity contribution is 9.09. The van der Waals surface area contributed by atoms with Crippen molar-refractivity contribution in [2.45, 2.75) is 12.1 Å². The molecular formula is C7H8BrNO3. The molecule has 1 aliphatic rings. The van der Waals surface area contributed by atoms with Gasteiger partial charge in [0.05, 0.1) is 11.3 Å². The van der Waals surface area contributed by atoms with Crippen molar-refractivity contribution in [3.63, 3.8) is 0 Å². The second kappa shape index (κ2) is 3.37. The van der Waals surface area contributed by atoms with Crippen molar-refractivity contribution >= 4 is 15.9 Å².